The third-order valence-electron chi connectivity index (χ3n) is 3.66. The zero-order chi connectivity index (χ0) is 14.1. The molecular weight excluding hydrogens is 258 g/mol. The van der Waals surface area contributed by atoms with Crippen LogP contribution in [0.25, 0.3) is 0 Å². The number of hydrogen-bond acceptors (Lipinski definition) is 2. The number of alkyl halides is 1. The Hall–Kier alpha value is -0.540. The third kappa shape index (κ3) is 5.96. The molecule has 1 N–H and O–H groups in total. The van der Waals surface area contributed by atoms with Crippen LogP contribution in [0.15, 0.2) is 12.3 Å². The second kappa shape index (κ2) is 9.38. The molecule has 0 amide bonds. The van der Waals surface area contributed by atoms with Crippen LogP contribution < -0.4 is 5.32 Å². The number of hydrogen-bond donors (Lipinski definition) is 1. The molecule has 0 radical (unpaired) electrons. The molecule has 0 spiro atoms. The summed E-state index contributed by atoms with van der Waals surface area (Å²) >= 11 is 5.84. The molecule has 0 aliphatic heterocycles. The Bertz CT molecular complexity index is 332. The van der Waals surface area contributed by atoms with Crippen molar-refractivity contribution < 1.29 is 0 Å². The summed E-state index contributed by atoms with van der Waals surface area (Å²) in [6, 6.07) is 2.59. The van der Waals surface area contributed by atoms with E-state index in [2.05, 4.69) is 48.1 Å². The van der Waals surface area contributed by atoms with Gasteiger partial charge in [-0.1, -0.05) is 20.3 Å². The van der Waals surface area contributed by atoms with Gasteiger partial charge >= 0.3 is 0 Å². The smallest absolute Gasteiger partial charge is 0.0762 e. The van der Waals surface area contributed by atoms with Crippen molar-refractivity contribution in [2.75, 3.05) is 12.4 Å². The zero-order valence-electron chi connectivity index (χ0n) is 12.5. The maximum atomic E-state index is 5.84. The minimum Gasteiger partial charge on any atom is -0.311 e. The maximum Gasteiger partial charge on any atom is 0.0762 e. The summed E-state index contributed by atoms with van der Waals surface area (Å²) in [5.74, 6) is 1.45. The van der Waals surface area contributed by atoms with Crippen LogP contribution in [0.1, 0.15) is 58.2 Å². The molecule has 1 rings (SSSR count). The van der Waals surface area contributed by atoms with Crippen LogP contribution in [0.5, 0.6) is 0 Å². The number of halogens is 1. The summed E-state index contributed by atoms with van der Waals surface area (Å²) in [4.78, 5) is 0. The lowest BCUT2D eigenvalue weighted by atomic mass is 10.0. The highest BCUT2D eigenvalue weighted by molar-refractivity contribution is 6.17. The van der Waals surface area contributed by atoms with E-state index < -0.39 is 0 Å². The van der Waals surface area contributed by atoms with E-state index in [4.69, 9.17) is 11.6 Å². The normalized spacial score (nSPS) is 14.5. The molecule has 0 aromatic carbocycles. The Morgan fingerprint density at radius 2 is 2.16 bits per heavy atom. The summed E-state index contributed by atoms with van der Waals surface area (Å²) in [6.45, 7) is 8.51. The fourth-order valence-corrected chi connectivity index (χ4v) is 2.53. The fourth-order valence-electron chi connectivity index (χ4n) is 2.22. The minimum atomic E-state index is 0.484. The SMILES string of the molecule is CCCC(CCCl)CNCc1ccn(C(C)CC)n1. The zero-order valence-corrected chi connectivity index (χ0v) is 13.3. The van der Waals surface area contributed by atoms with Crippen LogP contribution in [0.4, 0.5) is 0 Å². The van der Waals surface area contributed by atoms with Gasteiger partial charge in [0.1, 0.15) is 0 Å². The molecule has 0 saturated carbocycles. The quantitative estimate of drug-likeness (QED) is 0.659. The van der Waals surface area contributed by atoms with Crippen molar-refractivity contribution in [1.29, 1.82) is 0 Å². The average Bonchev–Trinajstić information content (AvgIpc) is 2.87. The van der Waals surface area contributed by atoms with Crippen molar-refractivity contribution >= 4 is 11.6 Å². The Balaban J connectivity index is 2.33. The van der Waals surface area contributed by atoms with E-state index in [-0.39, 0.29) is 0 Å². The van der Waals surface area contributed by atoms with E-state index in [0.717, 1.165) is 37.5 Å². The van der Waals surface area contributed by atoms with Crippen molar-refractivity contribution in [3.63, 3.8) is 0 Å². The van der Waals surface area contributed by atoms with E-state index in [9.17, 15) is 0 Å². The molecule has 0 saturated heterocycles. The monoisotopic (exact) mass is 285 g/mol. The predicted octanol–water partition coefficient (Wildman–Crippen LogP) is 3.99. The molecule has 0 aliphatic carbocycles. The van der Waals surface area contributed by atoms with Gasteiger partial charge in [-0.25, -0.2) is 0 Å². The van der Waals surface area contributed by atoms with Gasteiger partial charge in [-0.05, 0) is 44.7 Å². The number of nitrogens with one attached hydrogen (secondary N) is 1. The summed E-state index contributed by atoms with van der Waals surface area (Å²) < 4.78 is 2.05. The van der Waals surface area contributed by atoms with Crippen molar-refractivity contribution in [1.82, 2.24) is 15.1 Å². The van der Waals surface area contributed by atoms with Gasteiger partial charge < -0.3 is 5.32 Å². The topological polar surface area (TPSA) is 29.9 Å². The van der Waals surface area contributed by atoms with Gasteiger partial charge in [0.05, 0.1) is 5.69 Å². The first-order valence-electron chi connectivity index (χ1n) is 7.51. The van der Waals surface area contributed by atoms with Gasteiger partial charge in [0.2, 0.25) is 0 Å². The molecule has 3 nitrogen and oxygen atoms in total. The van der Waals surface area contributed by atoms with Crippen molar-refractivity contribution in [3.8, 4) is 0 Å². The minimum absolute atomic E-state index is 0.484. The number of nitrogens with zero attached hydrogens (tertiary/aromatic N) is 2. The second-order valence-electron chi connectivity index (χ2n) is 5.31. The van der Waals surface area contributed by atoms with E-state index in [1.807, 2.05) is 0 Å². The van der Waals surface area contributed by atoms with E-state index in [1.54, 1.807) is 0 Å². The number of aromatic nitrogens is 2. The van der Waals surface area contributed by atoms with Crippen LogP contribution in [0, 0.1) is 5.92 Å². The van der Waals surface area contributed by atoms with Gasteiger partial charge in [-0.2, -0.15) is 5.10 Å². The molecule has 110 valence electrons. The highest BCUT2D eigenvalue weighted by atomic mass is 35.5. The summed E-state index contributed by atoms with van der Waals surface area (Å²) in [7, 11) is 0. The molecular formula is C15H28ClN3. The van der Waals surface area contributed by atoms with Gasteiger partial charge in [-0.15, -0.1) is 11.6 Å². The maximum absolute atomic E-state index is 5.84. The molecule has 0 bridgehead atoms. The number of rotatable bonds is 10. The van der Waals surface area contributed by atoms with Gasteiger partial charge in [0, 0.05) is 24.7 Å². The molecule has 0 aliphatic rings. The molecule has 1 heterocycles. The molecule has 4 heteroatoms. The first kappa shape index (κ1) is 16.5. The highest BCUT2D eigenvalue weighted by Crippen LogP contribution is 2.12. The fraction of sp³-hybridized carbons (Fsp3) is 0.800. The third-order valence-corrected chi connectivity index (χ3v) is 3.88. The Labute approximate surface area is 122 Å². The summed E-state index contributed by atoms with van der Waals surface area (Å²) in [5.41, 5.74) is 1.13. The molecule has 1 aromatic heterocycles. The van der Waals surface area contributed by atoms with E-state index in [1.165, 1.54) is 12.8 Å². The Kier molecular flexibility index (Phi) is 8.15. The van der Waals surface area contributed by atoms with E-state index in [0.29, 0.717) is 12.0 Å². The van der Waals surface area contributed by atoms with Gasteiger partial charge in [0.15, 0.2) is 0 Å². The Morgan fingerprint density at radius 3 is 2.79 bits per heavy atom. The predicted molar refractivity (Wildman–Crippen MR) is 82.7 cm³/mol. The summed E-state index contributed by atoms with van der Waals surface area (Å²) in [6.07, 6.45) is 6.77. The second-order valence-corrected chi connectivity index (χ2v) is 5.69. The Morgan fingerprint density at radius 1 is 1.37 bits per heavy atom. The van der Waals surface area contributed by atoms with Crippen molar-refractivity contribution in [2.24, 2.45) is 5.92 Å². The first-order valence-corrected chi connectivity index (χ1v) is 8.05. The molecule has 1 aromatic rings. The van der Waals surface area contributed by atoms with Crippen molar-refractivity contribution in [3.05, 3.63) is 18.0 Å². The van der Waals surface area contributed by atoms with Crippen molar-refractivity contribution in [2.45, 2.75) is 59.0 Å². The highest BCUT2D eigenvalue weighted by Gasteiger charge is 2.08. The largest absolute Gasteiger partial charge is 0.311 e. The summed E-state index contributed by atoms with van der Waals surface area (Å²) in [5, 5.41) is 8.11. The molecule has 0 fully saturated rings. The van der Waals surface area contributed by atoms with Crippen LogP contribution >= 0.6 is 11.6 Å². The van der Waals surface area contributed by atoms with E-state index >= 15 is 0 Å². The van der Waals surface area contributed by atoms with Crippen LogP contribution in [0.2, 0.25) is 0 Å². The van der Waals surface area contributed by atoms with Gasteiger partial charge in [0.25, 0.3) is 0 Å². The molecule has 2 atom stereocenters. The first-order chi connectivity index (χ1) is 9.21. The average molecular weight is 286 g/mol. The lowest BCUT2D eigenvalue weighted by Crippen LogP contribution is -2.23. The van der Waals surface area contributed by atoms with Crippen LogP contribution in [0.3, 0.4) is 0 Å². The van der Waals surface area contributed by atoms with Crippen LogP contribution in [-0.2, 0) is 6.54 Å². The molecule has 2 unspecified atom stereocenters. The lowest BCUT2D eigenvalue weighted by Gasteiger charge is -2.15. The van der Waals surface area contributed by atoms with Gasteiger partial charge in [-0.3, -0.25) is 4.68 Å². The molecule has 19 heavy (non-hydrogen) atoms. The standard InChI is InChI=1S/C15H28ClN3/c1-4-6-14(7-9-16)11-17-12-15-8-10-19(18-15)13(3)5-2/h8,10,13-14,17H,4-7,9,11-12H2,1-3H3. The lowest BCUT2D eigenvalue weighted by molar-refractivity contribution is 0.425. The van der Waals surface area contributed by atoms with Crippen LogP contribution in [-0.4, -0.2) is 22.2 Å².